The van der Waals surface area contributed by atoms with Crippen molar-refractivity contribution in [1.82, 2.24) is 10.6 Å². The number of carboxylic acids is 4. The van der Waals surface area contributed by atoms with Gasteiger partial charge in [0.25, 0.3) is 0 Å². The van der Waals surface area contributed by atoms with Gasteiger partial charge in [0.2, 0.25) is 5.78 Å². The topological polar surface area (TPSA) is 190 Å². The molecule has 4 unspecified atom stereocenters. The molecule has 0 spiro atoms. The molecule has 1 aliphatic rings. The molecule has 0 amide bonds. The molecular weight excluding hydrogens is 352 g/mol. The van der Waals surface area contributed by atoms with Crippen LogP contribution in [0.4, 0.5) is 0 Å². The van der Waals surface area contributed by atoms with Crippen molar-refractivity contribution in [2.24, 2.45) is 5.92 Å². The molecule has 6 N–H and O–H groups in total. The van der Waals surface area contributed by atoms with Gasteiger partial charge < -0.3 is 31.1 Å². The Bertz CT molecular complexity index is 643. The normalized spacial score (nSPS) is 21.7. The summed E-state index contributed by atoms with van der Waals surface area (Å²) in [4.78, 5) is 55.2. The van der Waals surface area contributed by atoms with Gasteiger partial charge in [0.15, 0.2) is 0 Å². The summed E-state index contributed by atoms with van der Waals surface area (Å²) >= 11 is 0. The van der Waals surface area contributed by atoms with Gasteiger partial charge in [-0.05, 0) is 31.8 Å². The third-order valence-electron chi connectivity index (χ3n) is 4.05. The lowest BCUT2D eigenvalue weighted by atomic mass is 9.88. The Morgan fingerprint density at radius 1 is 1.19 bits per heavy atom. The lowest BCUT2D eigenvalue weighted by Gasteiger charge is -2.32. The highest BCUT2D eigenvalue weighted by Gasteiger charge is 2.33. The molecule has 26 heavy (non-hydrogen) atoms. The number of hydrogen-bond acceptors (Lipinski definition) is 7. The Morgan fingerprint density at radius 3 is 2.27 bits per heavy atom. The van der Waals surface area contributed by atoms with Gasteiger partial charge in [0, 0.05) is 12.5 Å². The average molecular weight is 372 g/mol. The van der Waals surface area contributed by atoms with E-state index in [0.717, 1.165) is 0 Å². The molecule has 0 saturated heterocycles. The maximum atomic E-state index is 11.3. The molecule has 144 valence electrons. The van der Waals surface area contributed by atoms with Crippen molar-refractivity contribution in [3.05, 3.63) is 11.8 Å². The van der Waals surface area contributed by atoms with Gasteiger partial charge in [-0.25, -0.2) is 14.4 Å². The molecule has 11 nitrogen and oxygen atoms in total. The van der Waals surface area contributed by atoms with E-state index >= 15 is 0 Å². The Morgan fingerprint density at radius 2 is 1.81 bits per heavy atom. The fourth-order valence-electron chi connectivity index (χ4n) is 2.59. The van der Waals surface area contributed by atoms with Gasteiger partial charge in [-0.15, -0.1) is 0 Å². The summed E-state index contributed by atoms with van der Waals surface area (Å²) in [6.07, 6.45) is 0.585. The summed E-state index contributed by atoms with van der Waals surface area (Å²) in [5.41, 5.74) is -0.296. The lowest BCUT2D eigenvalue weighted by Crippen LogP contribution is -2.50. The van der Waals surface area contributed by atoms with Gasteiger partial charge in [0.1, 0.15) is 17.8 Å². The number of ketones is 1. The van der Waals surface area contributed by atoms with E-state index in [9.17, 15) is 29.1 Å². The average Bonchev–Trinajstić information content (AvgIpc) is 2.56. The zero-order chi connectivity index (χ0) is 20.0. The Kier molecular flexibility index (Phi) is 7.26. The number of Topliss-reactive ketones (excluding diaryl/α,β-unsaturated/α-hetero) is 1. The number of hydrogen-bond donors (Lipinski definition) is 6. The minimum absolute atomic E-state index is 0.0284. The molecule has 0 aliphatic carbocycles. The van der Waals surface area contributed by atoms with E-state index in [2.05, 4.69) is 10.6 Å². The zero-order valence-corrected chi connectivity index (χ0v) is 13.8. The molecule has 1 rings (SSSR count). The monoisotopic (exact) mass is 372 g/mol. The summed E-state index contributed by atoms with van der Waals surface area (Å²) in [6.45, 7) is 1.56. The molecule has 4 atom stereocenters. The third kappa shape index (κ3) is 5.84. The first-order chi connectivity index (χ1) is 12.0. The summed E-state index contributed by atoms with van der Waals surface area (Å²) in [5, 5.41) is 41.0. The van der Waals surface area contributed by atoms with E-state index < -0.39 is 60.1 Å². The zero-order valence-electron chi connectivity index (χ0n) is 13.8. The SMILES string of the molecule is CC(NC(CCC(=O)C(=O)O)C(=O)O)C1C=C(C(=O)O)NC(C(=O)O)C1. The predicted octanol–water partition coefficient (Wildman–Crippen LogP) is -1.12. The second-order valence-corrected chi connectivity index (χ2v) is 5.93. The van der Waals surface area contributed by atoms with Crippen molar-refractivity contribution in [3.63, 3.8) is 0 Å². The van der Waals surface area contributed by atoms with E-state index in [1.165, 1.54) is 6.08 Å². The molecule has 0 aromatic carbocycles. The Hall–Kier alpha value is -2.95. The largest absolute Gasteiger partial charge is 0.480 e. The van der Waals surface area contributed by atoms with Crippen LogP contribution < -0.4 is 10.6 Å². The molecule has 0 bridgehead atoms. The molecular formula is C15H20N2O9. The van der Waals surface area contributed by atoms with Crippen LogP contribution in [0.1, 0.15) is 26.2 Å². The fraction of sp³-hybridized carbons (Fsp3) is 0.533. The molecule has 0 aromatic rings. The van der Waals surface area contributed by atoms with Crippen LogP contribution in [0.5, 0.6) is 0 Å². The van der Waals surface area contributed by atoms with Gasteiger partial charge in [-0.3, -0.25) is 9.59 Å². The van der Waals surface area contributed by atoms with Crippen LogP contribution in [0.25, 0.3) is 0 Å². The van der Waals surface area contributed by atoms with Crippen molar-refractivity contribution in [1.29, 1.82) is 0 Å². The molecule has 1 aliphatic heterocycles. The van der Waals surface area contributed by atoms with Crippen LogP contribution >= 0.6 is 0 Å². The Balaban J connectivity index is 2.84. The highest BCUT2D eigenvalue weighted by atomic mass is 16.4. The summed E-state index contributed by atoms with van der Waals surface area (Å²) in [5.74, 6) is -7.25. The second-order valence-electron chi connectivity index (χ2n) is 5.93. The van der Waals surface area contributed by atoms with Crippen LogP contribution in [0, 0.1) is 5.92 Å². The highest BCUT2D eigenvalue weighted by molar-refractivity contribution is 6.32. The van der Waals surface area contributed by atoms with E-state index in [-0.39, 0.29) is 18.5 Å². The van der Waals surface area contributed by atoms with Crippen LogP contribution in [-0.2, 0) is 24.0 Å². The van der Waals surface area contributed by atoms with Crippen LogP contribution in [0.3, 0.4) is 0 Å². The maximum Gasteiger partial charge on any atom is 0.372 e. The molecule has 0 saturated carbocycles. The summed E-state index contributed by atoms with van der Waals surface area (Å²) < 4.78 is 0. The van der Waals surface area contributed by atoms with Crippen LogP contribution in [0.2, 0.25) is 0 Å². The molecule has 0 aromatic heterocycles. The number of nitrogens with one attached hydrogen (secondary N) is 2. The Labute approximate surface area is 147 Å². The first-order valence-electron chi connectivity index (χ1n) is 7.72. The van der Waals surface area contributed by atoms with Crippen LogP contribution in [0.15, 0.2) is 11.8 Å². The molecule has 1 heterocycles. The standard InChI is InChI=1S/C15H20N2O9/c1-6(16-8(12(19)20)2-3-11(18)15(25)26)7-4-9(13(21)22)17-10(5-7)14(23)24/h4,6-8,10,16-17H,2-3,5H2,1H3,(H,19,20)(H,21,22)(H,23,24)(H,25,26). The van der Waals surface area contributed by atoms with E-state index in [4.69, 9.17) is 15.3 Å². The van der Waals surface area contributed by atoms with Gasteiger partial charge in [-0.2, -0.15) is 0 Å². The number of carbonyl (C=O) groups is 5. The van der Waals surface area contributed by atoms with Crippen molar-refractivity contribution in [2.75, 3.05) is 0 Å². The minimum atomic E-state index is -1.65. The third-order valence-corrected chi connectivity index (χ3v) is 4.05. The number of rotatable bonds is 10. The van der Waals surface area contributed by atoms with E-state index in [1.807, 2.05) is 0 Å². The predicted molar refractivity (Wildman–Crippen MR) is 84.3 cm³/mol. The van der Waals surface area contributed by atoms with Gasteiger partial charge >= 0.3 is 23.9 Å². The van der Waals surface area contributed by atoms with Crippen molar-refractivity contribution < 1.29 is 44.4 Å². The number of carboxylic acid groups (broad SMARTS) is 4. The first-order valence-corrected chi connectivity index (χ1v) is 7.72. The van der Waals surface area contributed by atoms with Gasteiger partial charge in [0.05, 0.1) is 0 Å². The molecule has 11 heteroatoms. The molecule has 0 fully saturated rings. The van der Waals surface area contributed by atoms with Crippen molar-refractivity contribution in [3.8, 4) is 0 Å². The quantitative estimate of drug-likeness (QED) is 0.255. The highest BCUT2D eigenvalue weighted by Crippen LogP contribution is 2.22. The lowest BCUT2D eigenvalue weighted by molar-refractivity contribution is -0.149. The number of carbonyl (C=O) groups excluding carboxylic acids is 1. The molecule has 0 radical (unpaired) electrons. The van der Waals surface area contributed by atoms with Gasteiger partial charge in [-0.1, -0.05) is 0 Å². The van der Waals surface area contributed by atoms with E-state index in [0.29, 0.717) is 0 Å². The van der Waals surface area contributed by atoms with Crippen molar-refractivity contribution in [2.45, 2.75) is 44.3 Å². The number of aliphatic carboxylic acids is 4. The minimum Gasteiger partial charge on any atom is -0.480 e. The first kappa shape index (κ1) is 21.1. The fourth-order valence-corrected chi connectivity index (χ4v) is 2.59. The smallest absolute Gasteiger partial charge is 0.372 e. The van der Waals surface area contributed by atoms with Crippen LogP contribution in [-0.4, -0.2) is 68.2 Å². The summed E-state index contributed by atoms with van der Waals surface area (Å²) in [7, 11) is 0. The second kappa shape index (κ2) is 8.94. The summed E-state index contributed by atoms with van der Waals surface area (Å²) in [6, 6.07) is -3.01. The van der Waals surface area contributed by atoms with Crippen molar-refractivity contribution >= 4 is 29.7 Å². The van der Waals surface area contributed by atoms with E-state index in [1.54, 1.807) is 6.92 Å². The maximum absolute atomic E-state index is 11.3.